The number of carbonyl (C=O) groups is 1. The molecule has 0 spiro atoms. The summed E-state index contributed by atoms with van der Waals surface area (Å²) in [7, 11) is 0. The lowest BCUT2D eigenvalue weighted by molar-refractivity contribution is -0.121. The standard InChI is InChI=1S/C11H13FN6O/c12-9-3-1-8(2-4-9)5-6-14-10(19)7-18-11(13)15-16-17-18/h1-4H,5-7H2,(H,14,19)(H2,13,15,17). The monoisotopic (exact) mass is 264 g/mol. The highest BCUT2D eigenvalue weighted by molar-refractivity contribution is 5.75. The Balaban J connectivity index is 1.75. The lowest BCUT2D eigenvalue weighted by Gasteiger charge is -2.05. The van der Waals surface area contributed by atoms with Crippen molar-refractivity contribution in [2.45, 2.75) is 13.0 Å². The maximum atomic E-state index is 12.7. The Kier molecular flexibility index (Phi) is 4.01. The SMILES string of the molecule is Nc1nnnn1CC(=O)NCCc1ccc(F)cc1. The lowest BCUT2D eigenvalue weighted by Crippen LogP contribution is -2.30. The van der Waals surface area contributed by atoms with Crippen molar-refractivity contribution in [3.8, 4) is 0 Å². The van der Waals surface area contributed by atoms with Crippen LogP contribution in [-0.4, -0.2) is 32.7 Å². The van der Waals surface area contributed by atoms with E-state index < -0.39 is 0 Å². The quantitative estimate of drug-likeness (QED) is 0.776. The molecular formula is C11H13FN6O. The first-order valence-corrected chi connectivity index (χ1v) is 5.68. The van der Waals surface area contributed by atoms with Gasteiger partial charge in [0, 0.05) is 6.54 Å². The number of amides is 1. The maximum absolute atomic E-state index is 12.7. The van der Waals surface area contributed by atoms with Gasteiger partial charge in [-0.3, -0.25) is 4.79 Å². The highest BCUT2D eigenvalue weighted by Crippen LogP contribution is 2.02. The number of carbonyl (C=O) groups excluding carboxylic acids is 1. The van der Waals surface area contributed by atoms with Gasteiger partial charge in [0.1, 0.15) is 12.4 Å². The molecule has 0 bridgehead atoms. The Bertz CT molecular complexity index is 553. The smallest absolute Gasteiger partial charge is 0.241 e. The van der Waals surface area contributed by atoms with Crippen LogP contribution in [-0.2, 0) is 17.8 Å². The zero-order valence-corrected chi connectivity index (χ0v) is 10.1. The van der Waals surface area contributed by atoms with Crippen molar-refractivity contribution >= 4 is 11.9 Å². The molecule has 0 unspecified atom stereocenters. The summed E-state index contributed by atoms with van der Waals surface area (Å²) in [6.07, 6.45) is 0.622. The zero-order valence-electron chi connectivity index (χ0n) is 10.1. The van der Waals surface area contributed by atoms with E-state index in [4.69, 9.17) is 5.73 Å². The summed E-state index contributed by atoms with van der Waals surface area (Å²) < 4.78 is 13.9. The van der Waals surface area contributed by atoms with Crippen LogP contribution < -0.4 is 11.1 Å². The minimum atomic E-state index is -0.276. The molecule has 8 heteroatoms. The average molecular weight is 264 g/mol. The van der Waals surface area contributed by atoms with Crippen LogP contribution in [0.3, 0.4) is 0 Å². The number of benzene rings is 1. The third-order valence-electron chi connectivity index (χ3n) is 2.50. The van der Waals surface area contributed by atoms with E-state index in [1.165, 1.54) is 16.8 Å². The van der Waals surface area contributed by atoms with Crippen molar-refractivity contribution in [3.63, 3.8) is 0 Å². The second-order valence-electron chi connectivity index (χ2n) is 3.92. The molecule has 0 fully saturated rings. The van der Waals surface area contributed by atoms with Gasteiger partial charge < -0.3 is 11.1 Å². The number of aromatic nitrogens is 4. The molecule has 1 aromatic carbocycles. The fraction of sp³-hybridized carbons (Fsp3) is 0.273. The zero-order chi connectivity index (χ0) is 13.7. The molecule has 0 saturated heterocycles. The maximum Gasteiger partial charge on any atom is 0.241 e. The molecule has 2 rings (SSSR count). The second kappa shape index (κ2) is 5.89. The number of hydrogen-bond acceptors (Lipinski definition) is 5. The number of anilines is 1. The van der Waals surface area contributed by atoms with Gasteiger partial charge in [-0.25, -0.2) is 9.07 Å². The summed E-state index contributed by atoms with van der Waals surface area (Å²) in [5.74, 6) is -0.420. The Morgan fingerprint density at radius 1 is 1.37 bits per heavy atom. The Morgan fingerprint density at radius 3 is 2.74 bits per heavy atom. The van der Waals surface area contributed by atoms with Crippen LogP contribution >= 0.6 is 0 Å². The molecule has 0 atom stereocenters. The van der Waals surface area contributed by atoms with E-state index in [0.717, 1.165) is 5.56 Å². The number of nitrogens with one attached hydrogen (secondary N) is 1. The number of rotatable bonds is 5. The van der Waals surface area contributed by atoms with Crippen LogP contribution in [0.1, 0.15) is 5.56 Å². The van der Waals surface area contributed by atoms with E-state index in [2.05, 4.69) is 20.8 Å². The molecule has 1 aromatic heterocycles. The minimum absolute atomic E-state index is 0.0255. The molecule has 0 aliphatic rings. The van der Waals surface area contributed by atoms with Gasteiger partial charge in [-0.2, -0.15) is 0 Å². The van der Waals surface area contributed by atoms with Gasteiger partial charge >= 0.3 is 0 Å². The highest BCUT2D eigenvalue weighted by Gasteiger charge is 2.07. The molecule has 1 heterocycles. The van der Waals surface area contributed by atoms with Gasteiger partial charge in [0.15, 0.2) is 0 Å². The molecule has 3 N–H and O–H groups in total. The van der Waals surface area contributed by atoms with Crippen LogP contribution in [0.15, 0.2) is 24.3 Å². The molecule has 1 amide bonds. The second-order valence-corrected chi connectivity index (χ2v) is 3.92. The van der Waals surface area contributed by atoms with E-state index in [1.54, 1.807) is 12.1 Å². The Hall–Kier alpha value is -2.51. The Morgan fingerprint density at radius 2 is 2.11 bits per heavy atom. The van der Waals surface area contributed by atoms with Gasteiger partial charge in [0.2, 0.25) is 11.9 Å². The molecule has 7 nitrogen and oxygen atoms in total. The molecule has 2 aromatic rings. The van der Waals surface area contributed by atoms with E-state index in [9.17, 15) is 9.18 Å². The van der Waals surface area contributed by atoms with Gasteiger partial charge in [0.05, 0.1) is 0 Å². The topological polar surface area (TPSA) is 98.7 Å². The molecule has 0 saturated carbocycles. The predicted octanol–water partition coefficient (Wildman–Crippen LogP) is -0.247. The van der Waals surface area contributed by atoms with Crippen molar-refractivity contribution in [1.29, 1.82) is 0 Å². The summed E-state index contributed by atoms with van der Waals surface area (Å²) in [6, 6.07) is 6.14. The van der Waals surface area contributed by atoms with Crippen LogP contribution in [0, 0.1) is 5.82 Å². The lowest BCUT2D eigenvalue weighted by atomic mass is 10.1. The third kappa shape index (κ3) is 3.73. The molecule has 0 radical (unpaired) electrons. The van der Waals surface area contributed by atoms with Crippen LogP contribution in [0.2, 0.25) is 0 Å². The number of hydrogen-bond donors (Lipinski definition) is 2. The van der Waals surface area contributed by atoms with Gasteiger partial charge in [0.25, 0.3) is 0 Å². The van der Waals surface area contributed by atoms with E-state index >= 15 is 0 Å². The average Bonchev–Trinajstić information content (AvgIpc) is 2.78. The van der Waals surface area contributed by atoms with Crippen LogP contribution in [0.4, 0.5) is 10.3 Å². The normalized spacial score (nSPS) is 10.4. The van der Waals surface area contributed by atoms with Crippen molar-refractivity contribution in [2.24, 2.45) is 0 Å². The van der Waals surface area contributed by atoms with Crippen LogP contribution in [0.5, 0.6) is 0 Å². The molecule has 0 aliphatic heterocycles. The highest BCUT2D eigenvalue weighted by atomic mass is 19.1. The first kappa shape index (κ1) is 12.9. The first-order chi connectivity index (χ1) is 9.15. The summed E-state index contributed by atoms with van der Waals surface area (Å²) in [6.45, 7) is 0.425. The minimum Gasteiger partial charge on any atom is -0.367 e. The summed E-state index contributed by atoms with van der Waals surface area (Å²) >= 11 is 0. The first-order valence-electron chi connectivity index (χ1n) is 5.68. The van der Waals surface area contributed by atoms with Gasteiger partial charge in [-0.1, -0.05) is 17.2 Å². The summed E-state index contributed by atoms with van der Waals surface area (Å²) in [4.78, 5) is 11.6. The Labute approximate surface area is 108 Å². The molecule has 100 valence electrons. The number of nitrogens with two attached hydrogens (primary N) is 1. The fourth-order valence-electron chi connectivity index (χ4n) is 1.51. The number of nitrogens with zero attached hydrogens (tertiary/aromatic N) is 4. The van der Waals surface area contributed by atoms with E-state index in [-0.39, 0.29) is 24.2 Å². The third-order valence-corrected chi connectivity index (χ3v) is 2.50. The number of halogens is 1. The number of tetrazole rings is 1. The molecular weight excluding hydrogens is 251 g/mol. The van der Waals surface area contributed by atoms with E-state index in [1.807, 2.05) is 0 Å². The van der Waals surface area contributed by atoms with Crippen molar-refractivity contribution in [3.05, 3.63) is 35.6 Å². The van der Waals surface area contributed by atoms with E-state index in [0.29, 0.717) is 13.0 Å². The summed E-state index contributed by atoms with van der Waals surface area (Å²) in [5, 5.41) is 13.1. The van der Waals surface area contributed by atoms with Crippen molar-refractivity contribution in [1.82, 2.24) is 25.5 Å². The number of nitrogen functional groups attached to an aromatic ring is 1. The largest absolute Gasteiger partial charge is 0.367 e. The van der Waals surface area contributed by atoms with Crippen molar-refractivity contribution < 1.29 is 9.18 Å². The molecule has 0 aliphatic carbocycles. The fourth-order valence-corrected chi connectivity index (χ4v) is 1.51. The van der Waals surface area contributed by atoms with Crippen LogP contribution in [0.25, 0.3) is 0 Å². The van der Waals surface area contributed by atoms with Gasteiger partial charge in [-0.15, -0.1) is 0 Å². The predicted molar refractivity (Wildman–Crippen MR) is 65.3 cm³/mol. The van der Waals surface area contributed by atoms with Gasteiger partial charge in [-0.05, 0) is 34.5 Å². The summed E-state index contributed by atoms with van der Waals surface area (Å²) in [5.41, 5.74) is 6.38. The molecule has 19 heavy (non-hydrogen) atoms. The van der Waals surface area contributed by atoms with Crippen molar-refractivity contribution in [2.75, 3.05) is 12.3 Å².